The monoisotopic (exact) mass is 264 g/mol. The molecule has 0 bridgehead atoms. The van der Waals surface area contributed by atoms with Crippen LogP contribution in [0.3, 0.4) is 0 Å². The second-order valence-corrected chi connectivity index (χ2v) is 5.78. The van der Waals surface area contributed by atoms with Gasteiger partial charge in [0.1, 0.15) is 5.54 Å². The van der Waals surface area contributed by atoms with Crippen molar-refractivity contribution in [1.29, 1.82) is 0 Å². The smallest absolute Gasteiger partial charge is 0.312 e. The summed E-state index contributed by atoms with van der Waals surface area (Å²) in [6, 6.07) is 0.192. The molecular weight excluding hydrogens is 241 g/mol. The summed E-state index contributed by atoms with van der Waals surface area (Å²) < 4.78 is 39.5. The fourth-order valence-corrected chi connectivity index (χ4v) is 2.90. The highest BCUT2D eigenvalue weighted by molar-refractivity contribution is 5.10. The molecule has 1 saturated heterocycles. The molecule has 2 aliphatic rings. The number of nitrogens with zero attached hydrogens (tertiary/aromatic N) is 1. The van der Waals surface area contributed by atoms with Crippen molar-refractivity contribution in [3.05, 3.63) is 0 Å². The maximum atomic E-state index is 13.2. The SMILES string of the molecule is CCC(C)C1CN(C2(C(F)(F)F)CC2)CCCN1. The first kappa shape index (κ1) is 14.1. The van der Waals surface area contributed by atoms with Crippen LogP contribution in [0, 0.1) is 5.92 Å². The van der Waals surface area contributed by atoms with E-state index in [4.69, 9.17) is 0 Å². The van der Waals surface area contributed by atoms with E-state index >= 15 is 0 Å². The zero-order chi connectivity index (χ0) is 13.4. The molecule has 2 rings (SSSR count). The fraction of sp³-hybridized carbons (Fsp3) is 1.00. The lowest BCUT2D eigenvalue weighted by molar-refractivity contribution is -0.197. The van der Waals surface area contributed by atoms with Gasteiger partial charge in [-0.2, -0.15) is 13.2 Å². The van der Waals surface area contributed by atoms with Gasteiger partial charge in [-0.15, -0.1) is 0 Å². The number of hydrogen-bond donors (Lipinski definition) is 1. The molecule has 0 amide bonds. The van der Waals surface area contributed by atoms with Crippen molar-refractivity contribution in [1.82, 2.24) is 10.2 Å². The maximum absolute atomic E-state index is 13.2. The summed E-state index contributed by atoms with van der Waals surface area (Å²) in [5.74, 6) is 0.426. The Hall–Kier alpha value is -0.290. The summed E-state index contributed by atoms with van der Waals surface area (Å²) >= 11 is 0. The number of nitrogens with one attached hydrogen (secondary N) is 1. The van der Waals surface area contributed by atoms with Crippen LogP contribution in [0.1, 0.15) is 39.5 Å². The Bertz CT molecular complexity index is 286. The number of halogens is 3. The minimum atomic E-state index is -4.07. The Labute approximate surface area is 107 Å². The Morgan fingerprint density at radius 1 is 1.39 bits per heavy atom. The van der Waals surface area contributed by atoms with Gasteiger partial charge < -0.3 is 5.32 Å². The second-order valence-electron chi connectivity index (χ2n) is 5.78. The van der Waals surface area contributed by atoms with E-state index in [1.807, 2.05) is 0 Å². The van der Waals surface area contributed by atoms with Gasteiger partial charge in [-0.25, -0.2) is 0 Å². The number of rotatable bonds is 3. The van der Waals surface area contributed by atoms with Crippen LogP contribution >= 0.6 is 0 Å². The van der Waals surface area contributed by atoms with Crippen LogP contribution in [-0.4, -0.2) is 42.3 Å². The minimum absolute atomic E-state index is 0.192. The summed E-state index contributed by atoms with van der Waals surface area (Å²) in [5.41, 5.74) is -1.50. The van der Waals surface area contributed by atoms with Crippen LogP contribution in [0.25, 0.3) is 0 Å². The van der Waals surface area contributed by atoms with Gasteiger partial charge in [0.2, 0.25) is 0 Å². The van der Waals surface area contributed by atoms with Gasteiger partial charge in [0.15, 0.2) is 0 Å². The zero-order valence-electron chi connectivity index (χ0n) is 11.2. The van der Waals surface area contributed by atoms with Crippen molar-refractivity contribution in [2.24, 2.45) is 5.92 Å². The summed E-state index contributed by atoms with van der Waals surface area (Å²) in [6.07, 6.45) is -1.69. The first-order valence-corrected chi connectivity index (χ1v) is 6.96. The Morgan fingerprint density at radius 2 is 2.06 bits per heavy atom. The van der Waals surface area contributed by atoms with Gasteiger partial charge in [-0.1, -0.05) is 20.3 Å². The standard InChI is InChI=1S/C13H23F3N2/c1-3-10(2)11-9-18(8-4-7-17-11)12(5-6-12)13(14,15)16/h10-11,17H,3-9H2,1-2H3. The van der Waals surface area contributed by atoms with Gasteiger partial charge >= 0.3 is 6.18 Å². The van der Waals surface area contributed by atoms with Crippen LogP contribution in [-0.2, 0) is 0 Å². The van der Waals surface area contributed by atoms with Gasteiger partial charge in [0.05, 0.1) is 0 Å². The minimum Gasteiger partial charge on any atom is -0.312 e. The van der Waals surface area contributed by atoms with Gasteiger partial charge in [0.25, 0.3) is 0 Å². The molecule has 106 valence electrons. The molecule has 2 nitrogen and oxygen atoms in total. The van der Waals surface area contributed by atoms with Crippen molar-refractivity contribution >= 4 is 0 Å². The van der Waals surface area contributed by atoms with Crippen molar-refractivity contribution in [2.75, 3.05) is 19.6 Å². The molecule has 1 saturated carbocycles. The Kier molecular flexibility index (Phi) is 3.93. The molecule has 1 aliphatic heterocycles. The quantitative estimate of drug-likeness (QED) is 0.843. The second kappa shape index (κ2) is 5.00. The lowest BCUT2D eigenvalue weighted by Crippen LogP contribution is -2.52. The van der Waals surface area contributed by atoms with Crippen molar-refractivity contribution in [3.8, 4) is 0 Å². The molecule has 1 aliphatic carbocycles. The third-order valence-electron chi connectivity index (χ3n) is 4.62. The molecule has 1 heterocycles. The lowest BCUT2D eigenvalue weighted by Gasteiger charge is -2.35. The Balaban J connectivity index is 2.08. The van der Waals surface area contributed by atoms with Gasteiger partial charge in [0, 0.05) is 19.1 Å². The molecule has 1 N–H and O–H groups in total. The van der Waals surface area contributed by atoms with E-state index in [9.17, 15) is 13.2 Å². The molecular formula is C13H23F3N2. The van der Waals surface area contributed by atoms with E-state index < -0.39 is 11.7 Å². The van der Waals surface area contributed by atoms with E-state index in [2.05, 4.69) is 19.2 Å². The first-order chi connectivity index (χ1) is 8.40. The van der Waals surface area contributed by atoms with E-state index in [0.717, 1.165) is 19.4 Å². The van der Waals surface area contributed by atoms with Gasteiger partial charge in [-0.05, 0) is 31.7 Å². The Morgan fingerprint density at radius 3 is 2.56 bits per heavy atom. The zero-order valence-corrected chi connectivity index (χ0v) is 11.2. The van der Waals surface area contributed by atoms with Crippen molar-refractivity contribution in [2.45, 2.75) is 57.3 Å². The average Bonchev–Trinajstić information content (AvgIpc) is 3.10. The summed E-state index contributed by atoms with van der Waals surface area (Å²) in [4.78, 5) is 1.70. The van der Waals surface area contributed by atoms with Crippen LogP contribution < -0.4 is 5.32 Å². The van der Waals surface area contributed by atoms with Gasteiger partial charge in [-0.3, -0.25) is 4.90 Å². The average molecular weight is 264 g/mol. The largest absolute Gasteiger partial charge is 0.406 e. The van der Waals surface area contributed by atoms with E-state index in [1.165, 1.54) is 0 Å². The normalized spacial score (nSPS) is 30.8. The molecule has 0 aromatic carbocycles. The summed E-state index contributed by atoms with van der Waals surface area (Å²) in [6.45, 7) is 6.15. The topological polar surface area (TPSA) is 15.3 Å². The molecule has 0 radical (unpaired) electrons. The maximum Gasteiger partial charge on any atom is 0.406 e. The van der Waals surface area contributed by atoms with Crippen LogP contribution in [0.5, 0.6) is 0 Å². The van der Waals surface area contributed by atoms with E-state index in [0.29, 0.717) is 19.0 Å². The molecule has 5 heteroatoms. The third kappa shape index (κ3) is 2.52. The molecule has 0 aromatic rings. The van der Waals surface area contributed by atoms with E-state index in [-0.39, 0.29) is 18.9 Å². The predicted octanol–water partition coefficient (Wildman–Crippen LogP) is 2.79. The summed E-state index contributed by atoms with van der Waals surface area (Å²) in [7, 11) is 0. The first-order valence-electron chi connectivity index (χ1n) is 6.96. The van der Waals surface area contributed by atoms with Crippen molar-refractivity contribution < 1.29 is 13.2 Å². The molecule has 2 fully saturated rings. The van der Waals surface area contributed by atoms with Crippen molar-refractivity contribution in [3.63, 3.8) is 0 Å². The predicted molar refractivity (Wildman–Crippen MR) is 65.5 cm³/mol. The molecule has 18 heavy (non-hydrogen) atoms. The highest BCUT2D eigenvalue weighted by Gasteiger charge is 2.66. The highest BCUT2D eigenvalue weighted by atomic mass is 19.4. The van der Waals surface area contributed by atoms with Crippen LogP contribution in [0.15, 0.2) is 0 Å². The third-order valence-corrected chi connectivity index (χ3v) is 4.62. The number of hydrogen-bond acceptors (Lipinski definition) is 2. The number of alkyl halides is 3. The van der Waals surface area contributed by atoms with E-state index in [1.54, 1.807) is 4.90 Å². The summed E-state index contributed by atoms with van der Waals surface area (Å²) in [5, 5.41) is 3.40. The molecule has 0 aromatic heterocycles. The van der Waals surface area contributed by atoms with Crippen LogP contribution in [0.2, 0.25) is 0 Å². The molecule has 2 unspecified atom stereocenters. The fourth-order valence-electron chi connectivity index (χ4n) is 2.90. The molecule has 2 atom stereocenters. The highest BCUT2D eigenvalue weighted by Crippen LogP contribution is 2.53. The molecule has 0 spiro atoms. The van der Waals surface area contributed by atoms with Crippen LogP contribution in [0.4, 0.5) is 13.2 Å². The lowest BCUT2D eigenvalue weighted by atomic mass is 9.98.